The van der Waals surface area contributed by atoms with Crippen LogP contribution in [-0.2, 0) is 5.67 Å². The molecule has 1 unspecified atom stereocenters. The standard InChI is InChI=1S/C13H18FNO/c1-9-4-5-11(12(16-3)10(9)2)13(14)6-7-15-8-13/h4-5,15H,6-8H2,1-3H3. The summed E-state index contributed by atoms with van der Waals surface area (Å²) in [6.45, 7) is 5.10. The van der Waals surface area contributed by atoms with Crippen molar-refractivity contribution in [2.75, 3.05) is 20.2 Å². The molecule has 1 aromatic rings. The highest BCUT2D eigenvalue weighted by molar-refractivity contribution is 5.48. The second-order valence-electron chi connectivity index (χ2n) is 4.48. The summed E-state index contributed by atoms with van der Waals surface area (Å²) in [4.78, 5) is 0. The lowest BCUT2D eigenvalue weighted by Gasteiger charge is -2.23. The van der Waals surface area contributed by atoms with Gasteiger partial charge < -0.3 is 10.1 Å². The van der Waals surface area contributed by atoms with Gasteiger partial charge in [0.05, 0.1) is 7.11 Å². The summed E-state index contributed by atoms with van der Waals surface area (Å²) in [6, 6.07) is 3.82. The number of halogens is 1. The monoisotopic (exact) mass is 223 g/mol. The molecule has 1 aliphatic heterocycles. The molecule has 1 saturated heterocycles. The third-order valence-corrected chi connectivity index (χ3v) is 3.47. The van der Waals surface area contributed by atoms with Gasteiger partial charge in [-0.2, -0.15) is 0 Å². The van der Waals surface area contributed by atoms with Crippen molar-refractivity contribution in [3.05, 3.63) is 28.8 Å². The Balaban J connectivity index is 2.52. The van der Waals surface area contributed by atoms with Crippen molar-refractivity contribution in [3.63, 3.8) is 0 Å². The first-order valence-corrected chi connectivity index (χ1v) is 5.63. The molecule has 0 saturated carbocycles. The normalized spacial score (nSPS) is 24.8. The topological polar surface area (TPSA) is 21.3 Å². The maximum absolute atomic E-state index is 14.7. The summed E-state index contributed by atoms with van der Waals surface area (Å²) in [6.07, 6.45) is 0.520. The van der Waals surface area contributed by atoms with E-state index in [-0.39, 0.29) is 0 Å². The molecule has 0 spiro atoms. The lowest BCUT2D eigenvalue weighted by atomic mass is 9.91. The summed E-state index contributed by atoms with van der Waals surface area (Å²) in [5.41, 5.74) is 1.58. The molecule has 0 bridgehead atoms. The van der Waals surface area contributed by atoms with Gasteiger partial charge in [-0.3, -0.25) is 0 Å². The number of hydrogen-bond acceptors (Lipinski definition) is 2. The van der Waals surface area contributed by atoms with Gasteiger partial charge >= 0.3 is 0 Å². The summed E-state index contributed by atoms with van der Waals surface area (Å²) >= 11 is 0. The van der Waals surface area contributed by atoms with Crippen molar-refractivity contribution >= 4 is 0 Å². The Kier molecular flexibility index (Phi) is 2.89. The first-order chi connectivity index (χ1) is 7.58. The maximum atomic E-state index is 14.7. The van der Waals surface area contributed by atoms with Crippen LogP contribution >= 0.6 is 0 Å². The number of alkyl halides is 1. The average Bonchev–Trinajstić information content (AvgIpc) is 2.70. The van der Waals surface area contributed by atoms with E-state index in [1.54, 1.807) is 7.11 Å². The van der Waals surface area contributed by atoms with Crippen LogP contribution in [0.15, 0.2) is 12.1 Å². The Morgan fingerprint density at radius 2 is 2.12 bits per heavy atom. The van der Waals surface area contributed by atoms with Crippen LogP contribution in [-0.4, -0.2) is 20.2 Å². The maximum Gasteiger partial charge on any atom is 0.153 e. The van der Waals surface area contributed by atoms with Gasteiger partial charge in [-0.05, 0) is 37.9 Å². The van der Waals surface area contributed by atoms with Gasteiger partial charge in [0.1, 0.15) is 5.75 Å². The van der Waals surface area contributed by atoms with Crippen LogP contribution in [0.3, 0.4) is 0 Å². The Morgan fingerprint density at radius 1 is 1.38 bits per heavy atom. The number of methoxy groups -OCH3 is 1. The highest BCUT2D eigenvalue weighted by Crippen LogP contribution is 2.40. The largest absolute Gasteiger partial charge is 0.496 e. The van der Waals surface area contributed by atoms with Crippen molar-refractivity contribution in [2.45, 2.75) is 25.9 Å². The van der Waals surface area contributed by atoms with Crippen LogP contribution in [0.5, 0.6) is 5.75 Å². The average molecular weight is 223 g/mol. The van der Waals surface area contributed by atoms with Gasteiger partial charge in [0.2, 0.25) is 0 Å². The Labute approximate surface area is 95.8 Å². The molecular formula is C13H18FNO. The van der Waals surface area contributed by atoms with E-state index in [4.69, 9.17) is 4.74 Å². The number of ether oxygens (including phenoxy) is 1. The molecule has 2 rings (SSSR count). The highest BCUT2D eigenvalue weighted by Gasteiger charge is 2.38. The van der Waals surface area contributed by atoms with E-state index in [1.807, 2.05) is 26.0 Å². The third-order valence-electron chi connectivity index (χ3n) is 3.47. The lowest BCUT2D eigenvalue weighted by molar-refractivity contribution is 0.186. The minimum absolute atomic E-state index is 0.381. The van der Waals surface area contributed by atoms with Crippen LogP contribution in [0.4, 0.5) is 4.39 Å². The molecule has 0 radical (unpaired) electrons. The molecule has 0 aliphatic carbocycles. The number of rotatable bonds is 2. The molecule has 0 aromatic heterocycles. The van der Waals surface area contributed by atoms with E-state index in [2.05, 4.69) is 5.32 Å². The Morgan fingerprint density at radius 3 is 2.69 bits per heavy atom. The molecule has 1 N–H and O–H groups in total. The van der Waals surface area contributed by atoms with Crippen molar-refractivity contribution < 1.29 is 9.13 Å². The second kappa shape index (κ2) is 4.06. The molecule has 1 aromatic carbocycles. The van der Waals surface area contributed by atoms with Gasteiger partial charge in [-0.25, -0.2) is 4.39 Å². The van der Waals surface area contributed by atoms with E-state index < -0.39 is 5.67 Å². The smallest absolute Gasteiger partial charge is 0.153 e. The van der Waals surface area contributed by atoms with Crippen LogP contribution < -0.4 is 10.1 Å². The quantitative estimate of drug-likeness (QED) is 0.831. The zero-order chi connectivity index (χ0) is 11.8. The van der Waals surface area contributed by atoms with Crippen molar-refractivity contribution in [3.8, 4) is 5.75 Å². The van der Waals surface area contributed by atoms with Crippen molar-refractivity contribution in [2.24, 2.45) is 0 Å². The Bertz CT molecular complexity index is 397. The van der Waals surface area contributed by atoms with E-state index in [0.717, 1.165) is 17.7 Å². The fourth-order valence-corrected chi connectivity index (χ4v) is 2.30. The zero-order valence-corrected chi connectivity index (χ0v) is 10.1. The van der Waals surface area contributed by atoms with Crippen LogP contribution in [0, 0.1) is 13.8 Å². The lowest BCUT2D eigenvalue weighted by Crippen LogP contribution is -2.24. The number of aryl methyl sites for hydroxylation is 1. The molecular weight excluding hydrogens is 205 g/mol. The van der Waals surface area contributed by atoms with Gasteiger partial charge in [0.15, 0.2) is 5.67 Å². The number of nitrogens with one attached hydrogen (secondary N) is 1. The Hall–Kier alpha value is -1.09. The molecule has 2 nitrogen and oxygen atoms in total. The fraction of sp³-hybridized carbons (Fsp3) is 0.538. The summed E-state index contributed by atoms with van der Waals surface area (Å²) in [5, 5.41) is 3.07. The van der Waals surface area contributed by atoms with Gasteiger partial charge in [-0.1, -0.05) is 12.1 Å². The molecule has 3 heteroatoms. The molecule has 16 heavy (non-hydrogen) atoms. The summed E-state index contributed by atoms with van der Waals surface area (Å²) < 4.78 is 20.0. The van der Waals surface area contributed by atoms with E-state index >= 15 is 0 Å². The minimum Gasteiger partial charge on any atom is -0.496 e. The fourth-order valence-electron chi connectivity index (χ4n) is 2.30. The number of benzene rings is 1. The first kappa shape index (κ1) is 11.4. The van der Waals surface area contributed by atoms with Gasteiger partial charge in [-0.15, -0.1) is 0 Å². The number of hydrogen-bond donors (Lipinski definition) is 1. The molecule has 1 atom stereocenters. The van der Waals surface area contributed by atoms with Crippen LogP contribution in [0.25, 0.3) is 0 Å². The van der Waals surface area contributed by atoms with Gasteiger partial charge in [0.25, 0.3) is 0 Å². The van der Waals surface area contributed by atoms with E-state index in [1.165, 1.54) is 0 Å². The summed E-state index contributed by atoms with van der Waals surface area (Å²) in [5.74, 6) is 0.700. The molecule has 88 valence electrons. The van der Waals surface area contributed by atoms with Crippen molar-refractivity contribution in [1.29, 1.82) is 0 Å². The SMILES string of the molecule is COc1c(C2(F)CCNC2)ccc(C)c1C. The molecule has 1 heterocycles. The molecule has 1 aliphatic rings. The van der Waals surface area contributed by atoms with E-state index in [9.17, 15) is 4.39 Å². The first-order valence-electron chi connectivity index (χ1n) is 5.63. The minimum atomic E-state index is -1.27. The molecule has 0 amide bonds. The van der Waals surface area contributed by atoms with Crippen LogP contribution in [0.2, 0.25) is 0 Å². The summed E-state index contributed by atoms with van der Waals surface area (Å²) in [7, 11) is 1.61. The van der Waals surface area contributed by atoms with Gasteiger partial charge in [0, 0.05) is 12.1 Å². The van der Waals surface area contributed by atoms with E-state index in [0.29, 0.717) is 24.3 Å². The van der Waals surface area contributed by atoms with Crippen molar-refractivity contribution in [1.82, 2.24) is 5.32 Å². The molecule has 1 fully saturated rings. The highest BCUT2D eigenvalue weighted by atomic mass is 19.1. The zero-order valence-electron chi connectivity index (χ0n) is 10.1. The second-order valence-corrected chi connectivity index (χ2v) is 4.48. The third kappa shape index (κ3) is 1.69. The van der Waals surface area contributed by atoms with Crippen LogP contribution in [0.1, 0.15) is 23.1 Å². The predicted octanol–water partition coefficient (Wildman–Crippen LogP) is 2.47. The predicted molar refractivity (Wildman–Crippen MR) is 62.7 cm³/mol.